The summed E-state index contributed by atoms with van der Waals surface area (Å²) in [4.78, 5) is 0. The van der Waals surface area contributed by atoms with E-state index in [0.717, 1.165) is 25.0 Å². The maximum absolute atomic E-state index is 6.13. The predicted octanol–water partition coefficient (Wildman–Crippen LogP) is 2.81. The van der Waals surface area contributed by atoms with Gasteiger partial charge in [0.25, 0.3) is 0 Å². The van der Waals surface area contributed by atoms with E-state index in [9.17, 15) is 0 Å². The van der Waals surface area contributed by atoms with Gasteiger partial charge >= 0.3 is 0 Å². The van der Waals surface area contributed by atoms with Crippen molar-refractivity contribution in [3.8, 4) is 0 Å². The van der Waals surface area contributed by atoms with Crippen molar-refractivity contribution in [3.63, 3.8) is 0 Å². The first-order valence-corrected chi connectivity index (χ1v) is 6.48. The number of rotatable bonds is 5. The maximum Gasteiger partial charge on any atom is 0.0620 e. The molecule has 1 unspecified atom stereocenters. The molecule has 1 aliphatic carbocycles. The highest BCUT2D eigenvalue weighted by Crippen LogP contribution is 2.34. The third-order valence-corrected chi connectivity index (χ3v) is 3.88. The molecule has 1 aliphatic rings. The number of hydrogen-bond donors (Lipinski definition) is 1. The fraction of sp³-hybridized carbons (Fsp3) is 1.00. The van der Waals surface area contributed by atoms with E-state index in [2.05, 4.69) is 13.8 Å². The van der Waals surface area contributed by atoms with Gasteiger partial charge in [0.1, 0.15) is 0 Å². The molecule has 0 aromatic carbocycles. The van der Waals surface area contributed by atoms with Crippen LogP contribution in [0.2, 0.25) is 0 Å². The molecule has 0 saturated heterocycles. The van der Waals surface area contributed by atoms with Gasteiger partial charge in [0.05, 0.1) is 6.61 Å². The van der Waals surface area contributed by atoms with Crippen molar-refractivity contribution in [2.75, 3.05) is 13.2 Å². The molecule has 0 aromatic heterocycles. The molecule has 0 spiro atoms. The molecular formula is C13H27NO. The zero-order chi connectivity index (χ0) is 11.3. The Morgan fingerprint density at radius 3 is 2.13 bits per heavy atom. The molecule has 0 amide bonds. The van der Waals surface area contributed by atoms with Crippen LogP contribution in [0, 0.1) is 17.8 Å². The number of ether oxygens (including phenoxy) is 1. The number of hydrogen-bond acceptors (Lipinski definition) is 2. The molecule has 2 heteroatoms. The molecule has 0 aromatic rings. The van der Waals surface area contributed by atoms with Crippen LogP contribution >= 0.6 is 0 Å². The molecule has 0 radical (unpaired) electrons. The minimum Gasteiger partial charge on any atom is -0.380 e. The molecule has 2 nitrogen and oxygen atoms in total. The van der Waals surface area contributed by atoms with E-state index in [4.69, 9.17) is 10.5 Å². The van der Waals surface area contributed by atoms with Gasteiger partial charge in [-0.05, 0) is 50.4 Å². The van der Waals surface area contributed by atoms with E-state index in [1.54, 1.807) is 0 Å². The molecule has 1 saturated carbocycles. The largest absolute Gasteiger partial charge is 0.380 e. The van der Waals surface area contributed by atoms with Crippen LogP contribution in [0.4, 0.5) is 0 Å². The van der Waals surface area contributed by atoms with Crippen molar-refractivity contribution >= 4 is 0 Å². The van der Waals surface area contributed by atoms with Crippen molar-refractivity contribution in [2.45, 2.75) is 52.5 Å². The summed E-state index contributed by atoms with van der Waals surface area (Å²) in [6.07, 6.45) is 5.33. The molecule has 90 valence electrons. The first-order chi connectivity index (χ1) is 7.15. The summed E-state index contributed by atoms with van der Waals surface area (Å²) in [7, 11) is 0. The van der Waals surface area contributed by atoms with Gasteiger partial charge in [-0.2, -0.15) is 0 Å². The standard InChI is InChI=1S/C13H27NO/c1-4-15-9-13(14)12-7-5-11(6-8-12)10(2)3/h10-13H,4-9,14H2,1-3H3. The van der Waals surface area contributed by atoms with Crippen LogP contribution in [0.3, 0.4) is 0 Å². The van der Waals surface area contributed by atoms with E-state index in [-0.39, 0.29) is 6.04 Å². The molecule has 0 bridgehead atoms. The first-order valence-electron chi connectivity index (χ1n) is 6.48. The highest BCUT2D eigenvalue weighted by molar-refractivity contribution is 4.80. The van der Waals surface area contributed by atoms with E-state index in [0.29, 0.717) is 5.92 Å². The fourth-order valence-electron chi connectivity index (χ4n) is 2.63. The van der Waals surface area contributed by atoms with Crippen LogP contribution in [0.25, 0.3) is 0 Å². The quantitative estimate of drug-likeness (QED) is 0.762. The monoisotopic (exact) mass is 213 g/mol. The van der Waals surface area contributed by atoms with Gasteiger partial charge in [-0.1, -0.05) is 13.8 Å². The topological polar surface area (TPSA) is 35.2 Å². The summed E-state index contributed by atoms with van der Waals surface area (Å²) in [6, 6.07) is 0.262. The van der Waals surface area contributed by atoms with Crippen LogP contribution in [0.5, 0.6) is 0 Å². The van der Waals surface area contributed by atoms with Gasteiger partial charge in [0.2, 0.25) is 0 Å². The van der Waals surface area contributed by atoms with Gasteiger partial charge < -0.3 is 10.5 Å². The average Bonchev–Trinajstić information content (AvgIpc) is 2.26. The van der Waals surface area contributed by atoms with Crippen LogP contribution < -0.4 is 5.73 Å². The lowest BCUT2D eigenvalue weighted by molar-refractivity contribution is 0.0981. The predicted molar refractivity (Wildman–Crippen MR) is 64.8 cm³/mol. The second kappa shape index (κ2) is 6.49. The zero-order valence-electron chi connectivity index (χ0n) is 10.5. The third kappa shape index (κ3) is 4.12. The summed E-state index contributed by atoms with van der Waals surface area (Å²) in [6.45, 7) is 8.24. The Balaban J connectivity index is 2.24. The Hall–Kier alpha value is -0.0800. The minimum absolute atomic E-state index is 0.262. The summed E-state index contributed by atoms with van der Waals surface area (Å²) in [5.74, 6) is 2.47. The summed E-state index contributed by atoms with van der Waals surface area (Å²) < 4.78 is 5.40. The van der Waals surface area contributed by atoms with Crippen molar-refractivity contribution in [2.24, 2.45) is 23.5 Å². The molecule has 0 heterocycles. The summed E-state index contributed by atoms with van der Waals surface area (Å²) in [5, 5.41) is 0. The van der Waals surface area contributed by atoms with Crippen LogP contribution in [-0.4, -0.2) is 19.3 Å². The molecule has 2 N–H and O–H groups in total. The lowest BCUT2D eigenvalue weighted by Gasteiger charge is -2.33. The van der Waals surface area contributed by atoms with Gasteiger partial charge in [-0.3, -0.25) is 0 Å². The van der Waals surface area contributed by atoms with E-state index >= 15 is 0 Å². The Labute approximate surface area is 94.6 Å². The van der Waals surface area contributed by atoms with E-state index in [1.165, 1.54) is 25.7 Å². The molecular weight excluding hydrogens is 186 g/mol. The molecule has 1 atom stereocenters. The van der Waals surface area contributed by atoms with Crippen LogP contribution in [-0.2, 0) is 4.74 Å². The van der Waals surface area contributed by atoms with Crippen molar-refractivity contribution in [3.05, 3.63) is 0 Å². The second-order valence-electron chi connectivity index (χ2n) is 5.24. The Kier molecular flexibility index (Phi) is 5.62. The summed E-state index contributed by atoms with van der Waals surface area (Å²) >= 11 is 0. The molecule has 1 fully saturated rings. The SMILES string of the molecule is CCOCC(N)C1CCC(C(C)C)CC1. The Bertz CT molecular complexity index is 162. The average molecular weight is 213 g/mol. The highest BCUT2D eigenvalue weighted by atomic mass is 16.5. The van der Waals surface area contributed by atoms with Gasteiger partial charge in [-0.15, -0.1) is 0 Å². The van der Waals surface area contributed by atoms with Crippen LogP contribution in [0.1, 0.15) is 46.5 Å². The lowest BCUT2D eigenvalue weighted by atomic mass is 9.75. The molecule has 15 heavy (non-hydrogen) atoms. The normalized spacial score (nSPS) is 29.4. The van der Waals surface area contributed by atoms with Crippen LogP contribution in [0.15, 0.2) is 0 Å². The highest BCUT2D eigenvalue weighted by Gasteiger charge is 2.26. The molecule has 1 rings (SSSR count). The van der Waals surface area contributed by atoms with Gasteiger partial charge in [-0.25, -0.2) is 0 Å². The van der Waals surface area contributed by atoms with Crippen molar-refractivity contribution in [1.82, 2.24) is 0 Å². The minimum atomic E-state index is 0.262. The first kappa shape index (κ1) is 13.0. The van der Waals surface area contributed by atoms with Gasteiger partial charge in [0.15, 0.2) is 0 Å². The second-order valence-corrected chi connectivity index (χ2v) is 5.24. The van der Waals surface area contributed by atoms with E-state index < -0.39 is 0 Å². The van der Waals surface area contributed by atoms with E-state index in [1.807, 2.05) is 6.92 Å². The number of nitrogens with two attached hydrogens (primary N) is 1. The summed E-state index contributed by atoms with van der Waals surface area (Å²) in [5.41, 5.74) is 6.13. The van der Waals surface area contributed by atoms with Crippen molar-refractivity contribution < 1.29 is 4.74 Å². The Morgan fingerprint density at radius 1 is 1.13 bits per heavy atom. The Morgan fingerprint density at radius 2 is 1.67 bits per heavy atom. The smallest absolute Gasteiger partial charge is 0.0620 e. The molecule has 0 aliphatic heterocycles. The lowest BCUT2D eigenvalue weighted by Crippen LogP contribution is -2.37. The fourth-order valence-corrected chi connectivity index (χ4v) is 2.63. The zero-order valence-corrected chi connectivity index (χ0v) is 10.5. The van der Waals surface area contributed by atoms with Gasteiger partial charge in [0, 0.05) is 12.6 Å². The van der Waals surface area contributed by atoms with Crippen molar-refractivity contribution in [1.29, 1.82) is 0 Å². The maximum atomic E-state index is 6.13. The third-order valence-electron chi connectivity index (χ3n) is 3.88.